The standard InChI is InChI=1S/C11H26N2/c1-6-9(4)11(12-8-3)13-10(5)7-2/h9-13H,6-8H2,1-5H3. The molecule has 2 heteroatoms. The summed E-state index contributed by atoms with van der Waals surface area (Å²) in [5.74, 6) is 0.703. The van der Waals surface area contributed by atoms with Crippen LogP contribution in [0.1, 0.15) is 47.5 Å². The minimum atomic E-state index is 0.477. The van der Waals surface area contributed by atoms with E-state index in [1.165, 1.54) is 12.8 Å². The van der Waals surface area contributed by atoms with Gasteiger partial charge in [-0.15, -0.1) is 0 Å². The van der Waals surface area contributed by atoms with E-state index in [0.29, 0.717) is 18.1 Å². The third kappa shape index (κ3) is 5.27. The molecule has 0 aliphatic heterocycles. The van der Waals surface area contributed by atoms with Crippen molar-refractivity contribution in [3.05, 3.63) is 0 Å². The van der Waals surface area contributed by atoms with Crippen molar-refractivity contribution in [2.24, 2.45) is 5.92 Å². The molecule has 0 heterocycles. The molecule has 0 aromatic rings. The predicted octanol–water partition coefficient (Wildman–Crippen LogP) is 2.36. The van der Waals surface area contributed by atoms with Crippen LogP contribution in [0.15, 0.2) is 0 Å². The monoisotopic (exact) mass is 186 g/mol. The zero-order valence-electron chi connectivity index (χ0n) is 9.85. The lowest BCUT2D eigenvalue weighted by Crippen LogP contribution is -2.50. The molecule has 0 radical (unpaired) electrons. The summed E-state index contributed by atoms with van der Waals surface area (Å²) in [5, 5.41) is 7.09. The third-order valence-corrected chi connectivity index (χ3v) is 2.71. The fraction of sp³-hybridized carbons (Fsp3) is 1.00. The first-order valence-electron chi connectivity index (χ1n) is 5.65. The van der Waals surface area contributed by atoms with Crippen molar-refractivity contribution in [3.8, 4) is 0 Å². The first-order valence-corrected chi connectivity index (χ1v) is 5.65. The van der Waals surface area contributed by atoms with Crippen LogP contribution in [0.4, 0.5) is 0 Å². The van der Waals surface area contributed by atoms with Gasteiger partial charge in [0.25, 0.3) is 0 Å². The highest BCUT2D eigenvalue weighted by atomic mass is 15.1. The Hall–Kier alpha value is -0.0800. The van der Waals surface area contributed by atoms with Crippen LogP contribution in [0.25, 0.3) is 0 Å². The summed E-state index contributed by atoms with van der Waals surface area (Å²) in [5.41, 5.74) is 0. The van der Waals surface area contributed by atoms with Gasteiger partial charge in [0.1, 0.15) is 0 Å². The van der Waals surface area contributed by atoms with E-state index in [9.17, 15) is 0 Å². The second-order valence-corrected chi connectivity index (χ2v) is 3.90. The molecular formula is C11H26N2. The molecule has 0 aliphatic carbocycles. The Morgan fingerprint density at radius 2 is 1.62 bits per heavy atom. The topological polar surface area (TPSA) is 24.1 Å². The van der Waals surface area contributed by atoms with E-state index in [0.717, 1.165) is 6.54 Å². The van der Waals surface area contributed by atoms with Gasteiger partial charge < -0.3 is 5.32 Å². The van der Waals surface area contributed by atoms with Gasteiger partial charge in [0.05, 0.1) is 6.17 Å². The minimum Gasteiger partial charge on any atom is -0.302 e. The Labute approximate surface area is 83.5 Å². The van der Waals surface area contributed by atoms with Gasteiger partial charge in [0, 0.05) is 6.04 Å². The molecule has 0 amide bonds. The number of hydrogen-bond donors (Lipinski definition) is 2. The Balaban J connectivity index is 3.92. The summed E-state index contributed by atoms with van der Waals surface area (Å²) in [6.45, 7) is 12.2. The fourth-order valence-electron chi connectivity index (χ4n) is 1.30. The summed E-state index contributed by atoms with van der Waals surface area (Å²) in [6, 6.07) is 0.609. The van der Waals surface area contributed by atoms with Crippen LogP contribution >= 0.6 is 0 Å². The molecule has 0 spiro atoms. The fourth-order valence-corrected chi connectivity index (χ4v) is 1.30. The lowest BCUT2D eigenvalue weighted by molar-refractivity contribution is 0.287. The molecule has 13 heavy (non-hydrogen) atoms. The largest absolute Gasteiger partial charge is 0.302 e. The van der Waals surface area contributed by atoms with Gasteiger partial charge in [-0.1, -0.05) is 34.1 Å². The van der Waals surface area contributed by atoms with E-state index < -0.39 is 0 Å². The van der Waals surface area contributed by atoms with Crippen molar-refractivity contribution in [1.29, 1.82) is 0 Å². The van der Waals surface area contributed by atoms with Gasteiger partial charge in [0.2, 0.25) is 0 Å². The normalized spacial score (nSPS) is 18.2. The second-order valence-electron chi connectivity index (χ2n) is 3.90. The molecule has 3 atom stereocenters. The molecule has 0 aromatic carbocycles. The van der Waals surface area contributed by atoms with Gasteiger partial charge in [0.15, 0.2) is 0 Å². The Kier molecular flexibility index (Phi) is 7.29. The SMILES string of the molecule is CCNC(NC(C)CC)C(C)CC. The molecule has 2 nitrogen and oxygen atoms in total. The van der Waals surface area contributed by atoms with E-state index >= 15 is 0 Å². The summed E-state index contributed by atoms with van der Waals surface area (Å²) in [6.07, 6.45) is 2.89. The molecule has 80 valence electrons. The zero-order valence-corrected chi connectivity index (χ0v) is 9.85. The van der Waals surface area contributed by atoms with Crippen molar-refractivity contribution < 1.29 is 0 Å². The molecule has 0 aromatic heterocycles. The molecule has 0 saturated carbocycles. The summed E-state index contributed by atoms with van der Waals surface area (Å²) >= 11 is 0. The quantitative estimate of drug-likeness (QED) is 0.596. The van der Waals surface area contributed by atoms with Crippen LogP contribution in [0.2, 0.25) is 0 Å². The van der Waals surface area contributed by atoms with Gasteiger partial charge in [-0.25, -0.2) is 0 Å². The van der Waals surface area contributed by atoms with Crippen LogP contribution in [0.5, 0.6) is 0 Å². The van der Waals surface area contributed by atoms with Crippen molar-refractivity contribution in [1.82, 2.24) is 10.6 Å². The maximum Gasteiger partial charge on any atom is 0.0599 e. The average molecular weight is 186 g/mol. The Morgan fingerprint density at radius 3 is 2.00 bits per heavy atom. The first kappa shape index (κ1) is 12.9. The minimum absolute atomic E-state index is 0.477. The van der Waals surface area contributed by atoms with Crippen molar-refractivity contribution >= 4 is 0 Å². The number of hydrogen-bond acceptors (Lipinski definition) is 2. The lowest BCUT2D eigenvalue weighted by Gasteiger charge is -2.28. The van der Waals surface area contributed by atoms with Gasteiger partial charge >= 0.3 is 0 Å². The highest BCUT2D eigenvalue weighted by Gasteiger charge is 2.15. The van der Waals surface area contributed by atoms with E-state index in [-0.39, 0.29) is 0 Å². The van der Waals surface area contributed by atoms with Crippen LogP contribution in [-0.2, 0) is 0 Å². The van der Waals surface area contributed by atoms with E-state index in [1.807, 2.05) is 0 Å². The van der Waals surface area contributed by atoms with E-state index in [2.05, 4.69) is 45.3 Å². The van der Waals surface area contributed by atoms with Crippen molar-refractivity contribution in [3.63, 3.8) is 0 Å². The van der Waals surface area contributed by atoms with E-state index in [1.54, 1.807) is 0 Å². The first-order chi connectivity index (χ1) is 6.15. The predicted molar refractivity (Wildman–Crippen MR) is 59.8 cm³/mol. The Bertz CT molecular complexity index is 115. The van der Waals surface area contributed by atoms with Crippen molar-refractivity contribution in [2.45, 2.75) is 59.7 Å². The van der Waals surface area contributed by atoms with Gasteiger partial charge in [-0.3, -0.25) is 5.32 Å². The maximum absolute atomic E-state index is 3.61. The summed E-state index contributed by atoms with van der Waals surface area (Å²) < 4.78 is 0. The number of nitrogens with one attached hydrogen (secondary N) is 2. The number of rotatable bonds is 7. The molecule has 0 saturated heterocycles. The van der Waals surface area contributed by atoms with E-state index in [4.69, 9.17) is 0 Å². The molecular weight excluding hydrogens is 160 g/mol. The molecule has 3 unspecified atom stereocenters. The average Bonchev–Trinajstić information content (AvgIpc) is 2.15. The van der Waals surface area contributed by atoms with Gasteiger partial charge in [-0.2, -0.15) is 0 Å². The highest BCUT2D eigenvalue weighted by Crippen LogP contribution is 2.06. The van der Waals surface area contributed by atoms with Crippen molar-refractivity contribution in [2.75, 3.05) is 6.54 Å². The van der Waals surface area contributed by atoms with Crippen LogP contribution in [-0.4, -0.2) is 18.8 Å². The highest BCUT2D eigenvalue weighted by molar-refractivity contribution is 4.72. The Morgan fingerprint density at radius 1 is 1.00 bits per heavy atom. The third-order valence-electron chi connectivity index (χ3n) is 2.71. The molecule has 0 fully saturated rings. The molecule has 0 rings (SSSR count). The summed E-state index contributed by atoms with van der Waals surface area (Å²) in [7, 11) is 0. The van der Waals surface area contributed by atoms with Crippen LogP contribution in [0.3, 0.4) is 0 Å². The smallest absolute Gasteiger partial charge is 0.0599 e. The maximum atomic E-state index is 3.61. The van der Waals surface area contributed by atoms with Crippen LogP contribution < -0.4 is 10.6 Å². The molecule has 0 bridgehead atoms. The molecule has 2 N–H and O–H groups in total. The van der Waals surface area contributed by atoms with Crippen LogP contribution in [0, 0.1) is 5.92 Å². The zero-order chi connectivity index (χ0) is 10.3. The van der Waals surface area contributed by atoms with Gasteiger partial charge in [-0.05, 0) is 25.8 Å². The molecule has 0 aliphatic rings. The second kappa shape index (κ2) is 7.34. The summed E-state index contributed by atoms with van der Waals surface area (Å²) in [4.78, 5) is 0. The lowest BCUT2D eigenvalue weighted by atomic mass is 10.0.